The lowest BCUT2D eigenvalue weighted by Crippen LogP contribution is -2.50. The van der Waals surface area contributed by atoms with Crippen molar-refractivity contribution in [3.05, 3.63) is 58.6 Å². The molecule has 0 spiro atoms. The van der Waals surface area contributed by atoms with Gasteiger partial charge in [0.25, 0.3) is 5.56 Å². The number of nitrogens with zero attached hydrogens (tertiary/aromatic N) is 8. The number of imidazole rings is 1. The maximum Gasteiger partial charge on any atom is 0.253 e. The van der Waals surface area contributed by atoms with Crippen LogP contribution in [0.5, 0.6) is 0 Å². The Morgan fingerprint density at radius 1 is 0.933 bits per heavy atom. The average molecular weight is 408 g/mol. The van der Waals surface area contributed by atoms with Gasteiger partial charge in [-0.25, -0.2) is 19.9 Å². The fourth-order valence-corrected chi connectivity index (χ4v) is 3.44. The molecule has 0 saturated carbocycles. The van der Waals surface area contributed by atoms with Crippen molar-refractivity contribution in [2.45, 2.75) is 27.3 Å². The first-order valence-electron chi connectivity index (χ1n) is 9.81. The van der Waals surface area contributed by atoms with Crippen LogP contribution in [0, 0.1) is 20.8 Å². The molecule has 0 N–H and O–H groups in total. The Bertz CT molecular complexity index is 1130. The van der Waals surface area contributed by atoms with E-state index in [0.29, 0.717) is 31.9 Å². The summed E-state index contributed by atoms with van der Waals surface area (Å²) in [5, 5.41) is 0. The number of aryl methyl sites for hydroxylation is 2. The SMILES string of the molecule is Cc1cc(=O)n(CC(=O)N2CCN(c3cc(-n4cnc(C)c4C)ncn3)CC2)cn1. The molecule has 0 aromatic carbocycles. The Hall–Kier alpha value is -3.56. The highest BCUT2D eigenvalue weighted by Gasteiger charge is 2.23. The molecule has 0 radical (unpaired) electrons. The molecular weight excluding hydrogens is 384 g/mol. The maximum atomic E-state index is 12.6. The Kier molecular flexibility index (Phi) is 5.30. The zero-order valence-corrected chi connectivity index (χ0v) is 17.3. The second-order valence-electron chi connectivity index (χ2n) is 7.38. The third-order valence-electron chi connectivity index (χ3n) is 5.42. The highest BCUT2D eigenvalue weighted by Crippen LogP contribution is 2.18. The summed E-state index contributed by atoms with van der Waals surface area (Å²) >= 11 is 0. The smallest absolute Gasteiger partial charge is 0.253 e. The van der Waals surface area contributed by atoms with Gasteiger partial charge in [-0.15, -0.1) is 0 Å². The number of carbonyl (C=O) groups is 1. The fraction of sp³-hybridized carbons (Fsp3) is 0.400. The number of aromatic nitrogens is 6. The second-order valence-corrected chi connectivity index (χ2v) is 7.38. The van der Waals surface area contributed by atoms with E-state index in [2.05, 4.69) is 24.8 Å². The standard InChI is InChI=1S/C20H24N8O2/c1-14-8-19(29)27(12-23-14)10-20(30)26-6-4-25(5-7-26)17-9-18(22-11-21-17)28-13-24-15(2)16(28)3/h8-9,11-13H,4-7,10H2,1-3H3. The molecule has 0 bridgehead atoms. The molecule has 1 fully saturated rings. The first-order valence-corrected chi connectivity index (χ1v) is 9.81. The Balaban J connectivity index is 1.41. The number of anilines is 1. The molecule has 0 atom stereocenters. The van der Waals surface area contributed by atoms with E-state index in [1.54, 1.807) is 24.5 Å². The topological polar surface area (TPSA) is 102 Å². The largest absolute Gasteiger partial charge is 0.353 e. The average Bonchev–Trinajstić information content (AvgIpc) is 3.09. The molecule has 10 nitrogen and oxygen atoms in total. The van der Waals surface area contributed by atoms with E-state index < -0.39 is 0 Å². The lowest BCUT2D eigenvalue weighted by molar-refractivity contribution is -0.132. The van der Waals surface area contributed by atoms with Crippen LogP contribution in [0.1, 0.15) is 17.1 Å². The summed E-state index contributed by atoms with van der Waals surface area (Å²) in [4.78, 5) is 45.7. The van der Waals surface area contributed by atoms with Crippen molar-refractivity contribution in [2.75, 3.05) is 31.1 Å². The molecule has 4 heterocycles. The zero-order valence-electron chi connectivity index (χ0n) is 17.3. The van der Waals surface area contributed by atoms with E-state index >= 15 is 0 Å². The molecule has 1 saturated heterocycles. The molecule has 4 rings (SSSR count). The molecule has 3 aromatic heterocycles. The number of hydrogen-bond acceptors (Lipinski definition) is 7. The molecule has 3 aromatic rings. The number of piperazine rings is 1. The molecule has 1 aliphatic rings. The van der Waals surface area contributed by atoms with Gasteiger partial charge in [-0.05, 0) is 20.8 Å². The lowest BCUT2D eigenvalue weighted by atomic mass is 10.3. The number of carbonyl (C=O) groups excluding carboxylic acids is 1. The summed E-state index contributed by atoms with van der Waals surface area (Å²) in [6, 6.07) is 3.37. The van der Waals surface area contributed by atoms with Crippen molar-refractivity contribution in [3.8, 4) is 5.82 Å². The van der Waals surface area contributed by atoms with Gasteiger partial charge >= 0.3 is 0 Å². The van der Waals surface area contributed by atoms with Crippen LogP contribution in [0.4, 0.5) is 5.82 Å². The summed E-state index contributed by atoms with van der Waals surface area (Å²) in [7, 11) is 0. The molecule has 10 heteroatoms. The maximum absolute atomic E-state index is 12.6. The Morgan fingerprint density at radius 3 is 2.33 bits per heavy atom. The van der Waals surface area contributed by atoms with Crippen molar-refractivity contribution in [2.24, 2.45) is 0 Å². The summed E-state index contributed by atoms with van der Waals surface area (Å²) in [6.07, 6.45) is 4.73. The second kappa shape index (κ2) is 8.05. The first kappa shape index (κ1) is 19.7. The van der Waals surface area contributed by atoms with Gasteiger partial charge in [-0.1, -0.05) is 0 Å². The van der Waals surface area contributed by atoms with Crippen LogP contribution >= 0.6 is 0 Å². The van der Waals surface area contributed by atoms with Crippen molar-refractivity contribution < 1.29 is 4.79 Å². The van der Waals surface area contributed by atoms with Gasteiger partial charge < -0.3 is 9.80 Å². The van der Waals surface area contributed by atoms with Crippen molar-refractivity contribution in [1.82, 2.24) is 34.0 Å². The van der Waals surface area contributed by atoms with E-state index in [1.807, 2.05) is 24.5 Å². The van der Waals surface area contributed by atoms with E-state index in [-0.39, 0.29) is 18.0 Å². The molecule has 1 amide bonds. The molecule has 156 valence electrons. The number of amides is 1. The number of rotatable bonds is 4. The minimum Gasteiger partial charge on any atom is -0.353 e. The van der Waals surface area contributed by atoms with Crippen LogP contribution in [-0.2, 0) is 11.3 Å². The van der Waals surface area contributed by atoms with Gasteiger partial charge in [0.1, 0.15) is 30.8 Å². The van der Waals surface area contributed by atoms with Crippen molar-refractivity contribution >= 4 is 11.7 Å². The molecule has 1 aliphatic heterocycles. The van der Waals surface area contributed by atoms with Crippen LogP contribution in [0.25, 0.3) is 5.82 Å². The highest BCUT2D eigenvalue weighted by atomic mass is 16.2. The van der Waals surface area contributed by atoms with Crippen LogP contribution < -0.4 is 10.5 Å². The van der Waals surface area contributed by atoms with Gasteiger partial charge in [-0.2, -0.15) is 0 Å². The van der Waals surface area contributed by atoms with Crippen molar-refractivity contribution in [1.29, 1.82) is 0 Å². The van der Waals surface area contributed by atoms with E-state index in [0.717, 1.165) is 23.0 Å². The van der Waals surface area contributed by atoms with Gasteiger partial charge in [0.05, 0.1) is 12.0 Å². The first-order chi connectivity index (χ1) is 14.4. The minimum atomic E-state index is -0.215. The third-order valence-corrected chi connectivity index (χ3v) is 5.42. The van der Waals surface area contributed by atoms with Crippen LogP contribution in [0.3, 0.4) is 0 Å². The molecular formula is C20H24N8O2. The zero-order chi connectivity index (χ0) is 21.3. The fourth-order valence-electron chi connectivity index (χ4n) is 3.44. The number of hydrogen-bond donors (Lipinski definition) is 0. The van der Waals surface area contributed by atoms with Gasteiger partial charge in [-0.3, -0.25) is 18.7 Å². The molecule has 30 heavy (non-hydrogen) atoms. The summed E-state index contributed by atoms with van der Waals surface area (Å²) in [5.41, 5.74) is 2.43. The minimum absolute atomic E-state index is 0.00300. The van der Waals surface area contributed by atoms with E-state index in [4.69, 9.17) is 0 Å². The van der Waals surface area contributed by atoms with E-state index in [1.165, 1.54) is 17.0 Å². The van der Waals surface area contributed by atoms with Crippen LogP contribution in [0.15, 0.2) is 35.9 Å². The van der Waals surface area contributed by atoms with Crippen LogP contribution in [-0.4, -0.2) is 66.1 Å². The van der Waals surface area contributed by atoms with Gasteiger partial charge in [0.15, 0.2) is 0 Å². The molecule has 0 unspecified atom stereocenters. The lowest BCUT2D eigenvalue weighted by Gasteiger charge is -2.35. The summed E-state index contributed by atoms with van der Waals surface area (Å²) in [6.45, 7) is 8.17. The Morgan fingerprint density at radius 2 is 1.67 bits per heavy atom. The van der Waals surface area contributed by atoms with Crippen molar-refractivity contribution in [3.63, 3.8) is 0 Å². The summed E-state index contributed by atoms with van der Waals surface area (Å²) in [5.74, 6) is 1.50. The monoisotopic (exact) mass is 408 g/mol. The normalized spacial score (nSPS) is 14.2. The van der Waals surface area contributed by atoms with E-state index in [9.17, 15) is 9.59 Å². The third kappa shape index (κ3) is 3.93. The van der Waals surface area contributed by atoms with Crippen LogP contribution in [0.2, 0.25) is 0 Å². The van der Waals surface area contributed by atoms with Gasteiger partial charge in [0, 0.05) is 49.7 Å². The molecule has 0 aliphatic carbocycles. The quantitative estimate of drug-likeness (QED) is 0.619. The van der Waals surface area contributed by atoms with Gasteiger partial charge in [0.2, 0.25) is 5.91 Å². The highest BCUT2D eigenvalue weighted by molar-refractivity contribution is 5.76. The predicted molar refractivity (Wildman–Crippen MR) is 111 cm³/mol. The Labute approximate surface area is 173 Å². The predicted octanol–water partition coefficient (Wildman–Crippen LogP) is 0.493. The summed E-state index contributed by atoms with van der Waals surface area (Å²) < 4.78 is 3.28.